The zero-order valence-electron chi connectivity index (χ0n) is 18.9. The van der Waals surface area contributed by atoms with Crippen molar-refractivity contribution in [1.82, 2.24) is 5.43 Å². The highest BCUT2D eigenvalue weighted by molar-refractivity contribution is 14.1. The third kappa shape index (κ3) is 6.32. The number of hydrogen-bond donors (Lipinski definition) is 1. The Balaban J connectivity index is 1.40. The first-order valence-corrected chi connectivity index (χ1v) is 12.8. The average Bonchev–Trinajstić information content (AvgIpc) is 3.27. The Bertz CT molecular complexity index is 1440. The molecule has 0 saturated carbocycles. The summed E-state index contributed by atoms with van der Waals surface area (Å²) in [7, 11) is 0. The maximum Gasteiger partial charge on any atom is 0.307 e. The van der Waals surface area contributed by atoms with E-state index in [0.717, 1.165) is 18.1 Å². The van der Waals surface area contributed by atoms with E-state index in [9.17, 15) is 14.9 Å². The Morgan fingerprint density at radius 2 is 1.89 bits per heavy atom. The SMILES string of the molecule is CCOc1ccc2oc(C(=O)N/N=C/c3cc(I)c(OCc4cccc([N+](=O)[O-])c4)c(I)c3)cc2c1. The zero-order valence-corrected chi connectivity index (χ0v) is 23.2. The smallest absolute Gasteiger partial charge is 0.307 e. The molecule has 1 heterocycles. The fourth-order valence-electron chi connectivity index (χ4n) is 3.32. The molecule has 36 heavy (non-hydrogen) atoms. The van der Waals surface area contributed by atoms with Gasteiger partial charge in [0.05, 0.1) is 24.9 Å². The van der Waals surface area contributed by atoms with Crippen molar-refractivity contribution in [3.05, 3.63) is 94.8 Å². The Morgan fingerprint density at radius 1 is 1.11 bits per heavy atom. The van der Waals surface area contributed by atoms with Gasteiger partial charge in [-0.05, 0) is 99.6 Å². The summed E-state index contributed by atoms with van der Waals surface area (Å²) in [5, 5.41) is 15.8. The molecule has 9 nitrogen and oxygen atoms in total. The predicted octanol–water partition coefficient (Wildman–Crippen LogP) is 6.29. The van der Waals surface area contributed by atoms with E-state index in [1.165, 1.54) is 18.3 Å². The van der Waals surface area contributed by atoms with Crippen LogP contribution in [0.5, 0.6) is 11.5 Å². The summed E-state index contributed by atoms with van der Waals surface area (Å²) in [5.41, 5.74) is 4.54. The van der Waals surface area contributed by atoms with Crippen molar-refractivity contribution in [3.8, 4) is 11.5 Å². The van der Waals surface area contributed by atoms with Gasteiger partial charge in [0, 0.05) is 17.5 Å². The molecule has 4 rings (SSSR count). The van der Waals surface area contributed by atoms with Gasteiger partial charge >= 0.3 is 5.91 Å². The molecule has 0 unspecified atom stereocenters. The van der Waals surface area contributed by atoms with E-state index >= 15 is 0 Å². The maximum atomic E-state index is 12.5. The van der Waals surface area contributed by atoms with Crippen LogP contribution in [-0.2, 0) is 6.61 Å². The molecule has 0 radical (unpaired) electrons. The molecule has 0 aliphatic heterocycles. The first-order chi connectivity index (χ1) is 17.3. The molecule has 0 spiro atoms. The third-order valence-corrected chi connectivity index (χ3v) is 6.53. The number of amides is 1. The highest BCUT2D eigenvalue weighted by Crippen LogP contribution is 2.30. The van der Waals surface area contributed by atoms with Crippen LogP contribution >= 0.6 is 45.2 Å². The summed E-state index contributed by atoms with van der Waals surface area (Å²) in [4.78, 5) is 23.0. The number of furan rings is 1. The van der Waals surface area contributed by atoms with Gasteiger partial charge in [0.1, 0.15) is 23.7 Å². The molecule has 1 amide bonds. The number of carbonyl (C=O) groups excluding carboxylic acids is 1. The molecule has 1 aromatic heterocycles. The molecule has 1 N–H and O–H groups in total. The largest absolute Gasteiger partial charge is 0.494 e. The molecule has 4 aromatic rings. The van der Waals surface area contributed by atoms with Gasteiger partial charge < -0.3 is 13.9 Å². The van der Waals surface area contributed by atoms with Crippen molar-refractivity contribution in [2.75, 3.05) is 6.61 Å². The molecule has 0 fully saturated rings. The molecular weight excluding hydrogens is 692 g/mol. The lowest BCUT2D eigenvalue weighted by Gasteiger charge is -2.11. The van der Waals surface area contributed by atoms with Crippen LogP contribution in [0.2, 0.25) is 0 Å². The number of hydrogen-bond acceptors (Lipinski definition) is 7. The fourth-order valence-corrected chi connectivity index (χ4v) is 5.45. The fraction of sp³-hybridized carbons (Fsp3) is 0.120. The van der Waals surface area contributed by atoms with Crippen LogP contribution in [0.3, 0.4) is 0 Å². The molecule has 3 aromatic carbocycles. The molecule has 0 aliphatic rings. The summed E-state index contributed by atoms with van der Waals surface area (Å²) in [6.07, 6.45) is 1.53. The molecule has 0 aliphatic carbocycles. The molecule has 11 heteroatoms. The van der Waals surface area contributed by atoms with Crippen molar-refractivity contribution in [2.24, 2.45) is 5.10 Å². The van der Waals surface area contributed by atoms with Gasteiger partial charge in [-0.15, -0.1) is 0 Å². The van der Waals surface area contributed by atoms with Crippen LogP contribution in [0.4, 0.5) is 5.69 Å². The van der Waals surface area contributed by atoms with Crippen LogP contribution in [0.25, 0.3) is 11.0 Å². The topological polar surface area (TPSA) is 116 Å². The molecule has 0 atom stereocenters. The van der Waals surface area contributed by atoms with E-state index < -0.39 is 10.8 Å². The molecule has 0 saturated heterocycles. The number of rotatable bonds is 9. The number of ether oxygens (including phenoxy) is 2. The number of hydrazone groups is 1. The Labute approximate surface area is 233 Å². The highest BCUT2D eigenvalue weighted by atomic mass is 127. The number of benzene rings is 3. The normalized spacial score (nSPS) is 11.1. The number of fused-ring (bicyclic) bond motifs is 1. The lowest BCUT2D eigenvalue weighted by Crippen LogP contribution is -2.16. The van der Waals surface area contributed by atoms with Gasteiger partial charge in [0.25, 0.3) is 5.69 Å². The summed E-state index contributed by atoms with van der Waals surface area (Å²) in [6.45, 7) is 2.65. The minimum Gasteiger partial charge on any atom is -0.494 e. The van der Waals surface area contributed by atoms with Crippen LogP contribution in [0.1, 0.15) is 28.6 Å². The lowest BCUT2D eigenvalue weighted by molar-refractivity contribution is -0.384. The number of carbonyl (C=O) groups is 1. The van der Waals surface area contributed by atoms with E-state index in [1.54, 1.807) is 30.3 Å². The van der Waals surface area contributed by atoms with E-state index in [0.29, 0.717) is 29.3 Å². The monoisotopic (exact) mass is 711 g/mol. The quantitative estimate of drug-likeness (QED) is 0.0945. The van der Waals surface area contributed by atoms with Crippen molar-refractivity contribution < 1.29 is 23.6 Å². The molecular formula is C25H19I2N3O6. The number of nitrogens with one attached hydrogen (secondary N) is 1. The van der Waals surface area contributed by atoms with Crippen molar-refractivity contribution in [2.45, 2.75) is 13.5 Å². The third-order valence-electron chi connectivity index (χ3n) is 4.93. The first kappa shape index (κ1) is 25.9. The number of nitro benzene ring substituents is 1. The Morgan fingerprint density at radius 3 is 2.61 bits per heavy atom. The zero-order chi connectivity index (χ0) is 25.7. The summed E-state index contributed by atoms with van der Waals surface area (Å²) >= 11 is 4.30. The van der Waals surface area contributed by atoms with E-state index in [1.807, 2.05) is 25.1 Å². The minimum absolute atomic E-state index is 0.0204. The average molecular weight is 711 g/mol. The van der Waals surface area contributed by atoms with Crippen LogP contribution < -0.4 is 14.9 Å². The van der Waals surface area contributed by atoms with Gasteiger partial charge in [0.15, 0.2) is 5.76 Å². The van der Waals surface area contributed by atoms with Crippen LogP contribution in [0.15, 0.2) is 70.2 Å². The summed E-state index contributed by atoms with van der Waals surface area (Å²) < 4.78 is 18.7. The second-order valence-corrected chi connectivity index (χ2v) is 9.80. The van der Waals surface area contributed by atoms with E-state index in [2.05, 4.69) is 55.7 Å². The second-order valence-electron chi connectivity index (χ2n) is 7.47. The van der Waals surface area contributed by atoms with E-state index in [-0.39, 0.29) is 18.1 Å². The summed E-state index contributed by atoms with van der Waals surface area (Å²) in [6, 6.07) is 17.1. The highest BCUT2D eigenvalue weighted by Gasteiger charge is 2.13. The standard InChI is InChI=1S/C25H19I2N3O6/c1-2-34-19-6-7-22-17(11-19)12-23(36-22)25(31)29-28-13-16-9-20(26)24(21(27)10-16)35-14-15-4-3-5-18(8-15)30(32)33/h3-13H,2,14H2,1H3,(H,29,31)/b28-13+. The summed E-state index contributed by atoms with van der Waals surface area (Å²) in [5.74, 6) is 1.04. The van der Waals surface area contributed by atoms with E-state index in [4.69, 9.17) is 13.9 Å². The van der Waals surface area contributed by atoms with Crippen molar-refractivity contribution in [3.63, 3.8) is 0 Å². The van der Waals surface area contributed by atoms with Gasteiger partial charge in [-0.2, -0.15) is 5.10 Å². The first-order valence-electron chi connectivity index (χ1n) is 10.7. The van der Waals surface area contributed by atoms with Gasteiger partial charge in [0.2, 0.25) is 0 Å². The number of nitrogens with zero attached hydrogens (tertiary/aromatic N) is 2. The minimum atomic E-state index is -0.471. The second kappa shape index (κ2) is 11.7. The predicted molar refractivity (Wildman–Crippen MR) is 152 cm³/mol. The number of non-ortho nitro benzene ring substituents is 1. The Kier molecular flexibility index (Phi) is 8.40. The van der Waals surface area contributed by atoms with Crippen LogP contribution in [0, 0.1) is 17.3 Å². The van der Waals surface area contributed by atoms with Crippen LogP contribution in [-0.4, -0.2) is 23.7 Å². The van der Waals surface area contributed by atoms with Crippen molar-refractivity contribution in [1.29, 1.82) is 0 Å². The molecule has 184 valence electrons. The number of halogens is 2. The van der Waals surface area contributed by atoms with Crippen molar-refractivity contribution >= 4 is 74.0 Å². The maximum absolute atomic E-state index is 12.5. The lowest BCUT2D eigenvalue weighted by atomic mass is 10.2. The number of nitro groups is 1. The Hall–Kier alpha value is -3.20. The molecule has 0 bridgehead atoms. The van der Waals surface area contributed by atoms with Gasteiger partial charge in [-0.25, -0.2) is 5.43 Å². The van der Waals surface area contributed by atoms with Gasteiger partial charge in [-0.3, -0.25) is 14.9 Å². The van der Waals surface area contributed by atoms with Gasteiger partial charge in [-0.1, -0.05) is 12.1 Å².